The maximum atomic E-state index is 9.82. The van der Waals surface area contributed by atoms with E-state index < -0.39 is 0 Å². The monoisotopic (exact) mass is 186 g/mol. The minimum Gasteiger partial charge on any atom is -1.00 e. The number of carbonyl (C=O) groups excluding carboxylic acids is 1. The Kier molecular flexibility index (Phi) is 66.9. The van der Waals surface area contributed by atoms with E-state index in [1.165, 1.54) is 6.92 Å². The minimum absolute atomic E-state index is 0. The van der Waals surface area contributed by atoms with Crippen molar-refractivity contribution in [3.8, 4) is 0 Å². The van der Waals surface area contributed by atoms with Gasteiger partial charge in [0.05, 0.1) is 6.61 Å². The van der Waals surface area contributed by atoms with Gasteiger partial charge in [-0.25, -0.2) is 0 Å². The molecule has 3 nitrogen and oxygen atoms in total. The molecule has 0 saturated carbocycles. The third-order valence-corrected chi connectivity index (χ3v) is 0.348. The second-order valence-corrected chi connectivity index (χ2v) is 0.925. The van der Waals surface area contributed by atoms with Crippen molar-refractivity contribution in [2.45, 2.75) is 13.8 Å². The number of esters is 1. The zero-order valence-corrected chi connectivity index (χ0v) is 11.6. The van der Waals surface area contributed by atoms with Crippen LogP contribution in [0.3, 0.4) is 0 Å². The van der Waals surface area contributed by atoms with Gasteiger partial charge in [-0.05, 0) is 6.92 Å². The van der Waals surface area contributed by atoms with E-state index >= 15 is 0 Å². The molecule has 0 rings (SSSR count). The third-order valence-electron chi connectivity index (χ3n) is 0.348. The summed E-state index contributed by atoms with van der Waals surface area (Å²) in [4.78, 5) is 9.82. The zero-order chi connectivity index (χ0) is 4.99. The van der Waals surface area contributed by atoms with Crippen LogP contribution >= 0.6 is 0 Å². The molecule has 6 heteroatoms. The average molecular weight is 187 g/mol. The molecule has 0 radical (unpaired) electrons. The standard InChI is InChI=1S/C4H8O2.ClH.2Na.H2O/c1-3-6-4(2)5;;;;/h3H2,1-2H3;1H;;;1H2/q;;2*+1;/p-2. The summed E-state index contributed by atoms with van der Waals surface area (Å²) < 4.78 is 4.40. The zero-order valence-electron chi connectivity index (χ0n) is 6.85. The first kappa shape index (κ1) is 29.8. The Labute approximate surface area is 112 Å². The molecule has 0 unspecified atom stereocenters. The van der Waals surface area contributed by atoms with Gasteiger partial charge >= 0.3 is 65.1 Å². The van der Waals surface area contributed by atoms with E-state index in [1.807, 2.05) is 0 Å². The van der Waals surface area contributed by atoms with Crippen LogP contribution in [0.2, 0.25) is 0 Å². The van der Waals surface area contributed by atoms with Crippen LogP contribution in [0.4, 0.5) is 0 Å². The summed E-state index contributed by atoms with van der Waals surface area (Å²) >= 11 is 0. The van der Waals surface area contributed by atoms with Gasteiger partial charge in [-0.3, -0.25) is 4.79 Å². The Morgan fingerprint density at radius 1 is 1.40 bits per heavy atom. The number of hydrogen-bond donors (Lipinski definition) is 0. The smallest absolute Gasteiger partial charge is 1.00 e. The molecule has 0 fully saturated rings. The fourth-order valence-corrected chi connectivity index (χ4v) is 0.203. The van der Waals surface area contributed by atoms with Crippen molar-refractivity contribution < 1.29 is 86.5 Å². The molecule has 0 saturated heterocycles. The molecule has 52 valence electrons. The molecular weight excluding hydrogens is 177 g/mol. The Morgan fingerprint density at radius 2 is 1.70 bits per heavy atom. The average Bonchev–Trinajstić information content (AvgIpc) is 1.35. The summed E-state index contributed by atoms with van der Waals surface area (Å²) in [5.74, 6) is -0.211. The first-order valence-corrected chi connectivity index (χ1v) is 1.90. The van der Waals surface area contributed by atoms with E-state index in [0.717, 1.165) is 0 Å². The van der Waals surface area contributed by atoms with Crippen LogP contribution in [0.25, 0.3) is 0 Å². The number of ether oxygens (including phenoxy) is 1. The Bertz CT molecular complexity index is 62.5. The van der Waals surface area contributed by atoms with Crippen molar-refractivity contribution >= 4 is 5.97 Å². The van der Waals surface area contributed by atoms with Crippen LogP contribution in [0.5, 0.6) is 0 Å². The molecule has 0 aromatic carbocycles. The van der Waals surface area contributed by atoms with Crippen molar-refractivity contribution in [3.05, 3.63) is 0 Å². The fourth-order valence-electron chi connectivity index (χ4n) is 0.203. The third kappa shape index (κ3) is 33.2. The molecule has 0 heterocycles. The van der Waals surface area contributed by atoms with Gasteiger partial charge in [-0.2, -0.15) is 0 Å². The molecule has 0 spiro atoms. The molecule has 1 N–H and O–H groups in total. The topological polar surface area (TPSA) is 56.3 Å². The molecule has 10 heavy (non-hydrogen) atoms. The molecule has 0 aliphatic heterocycles. The second kappa shape index (κ2) is 22.4. The van der Waals surface area contributed by atoms with Crippen molar-refractivity contribution in [1.29, 1.82) is 0 Å². The van der Waals surface area contributed by atoms with Crippen LogP contribution in [0, 0.1) is 0 Å². The molecular formula is C4H9ClNa2O3. The fraction of sp³-hybridized carbons (Fsp3) is 0.750. The molecule has 0 aliphatic rings. The van der Waals surface area contributed by atoms with Crippen molar-refractivity contribution in [2.24, 2.45) is 0 Å². The molecule has 0 amide bonds. The quantitative estimate of drug-likeness (QED) is 0.302. The SMILES string of the molecule is CCOC(C)=O.[Cl-].[Na+].[Na+].[OH-]. The van der Waals surface area contributed by atoms with Crippen molar-refractivity contribution in [3.63, 3.8) is 0 Å². The summed E-state index contributed by atoms with van der Waals surface area (Å²) in [6.45, 7) is 3.65. The maximum Gasteiger partial charge on any atom is 1.00 e. The van der Waals surface area contributed by atoms with Crippen LogP contribution in [0.15, 0.2) is 0 Å². The summed E-state index contributed by atoms with van der Waals surface area (Å²) in [5, 5.41) is 0. The minimum atomic E-state index is -0.211. The van der Waals surface area contributed by atoms with Crippen LogP contribution < -0.4 is 71.5 Å². The van der Waals surface area contributed by atoms with E-state index in [-0.39, 0.29) is 83.0 Å². The number of halogens is 1. The Balaban J connectivity index is -0.0000000208. The normalized spacial score (nSPS) is 4.60. The summed E-state index contributed by atoms with van der Waals surface area (Å²) in [5.41, 5.74) is 0. The van der Waals surface area contributed by atoms with Gasteiger partial charge in [0.1, 0.15) is 0 Å². The maximum absolute atomic E-state index is 9.82. The Morgan fingerprint density at radius 3 is 1.70 bits per heavy atom. The van der Waals surface area contributed by atoms with E-state index in [9.17, 15) is 4.79 Å². The van der Waals surface area contributed by atoms with Gasteiger partial charge in [0.15, 0.2) is 0 Å². The van der Waals surface area contributed by atoms with Crippen LogP contribution in [-0.4, -0.2) is 18.1 Å². The molecule has 0 aliphatic carbocycles. The first-order valence-electron chi connectivity index (χ1n) is 1.90. The molecule has 0 bridgehead atoms. The molecule has 0 aromatic rings. The summed E-state index contributed by atoms with van der Waals surface area (Å²) in [7, 11) is 0. The Hall–Kier alpha value is 1.72. The number of hydrogen-bond acceptors (Lipinski definition) is 3. The second-order valence-electron chi connectivity index (χ2n) is 0.925. The van der Waals surface area contributed by atoms with Gasteiger partial charge < -0.3 is 22.6 Å². The van der Waals surface area contributed by atoms with Crippen LogP contribution in [-0.2, 0) is 9.53 Å². The summed E-state index contributed by atoms with van der Waals surface area (Å²) in [6, 6.07) is 0. The van der Waals surface area contributed by atoms with Crippen LogP contribution in [0.1, 0.15) is 13.8 Å². The van der Waals surface area contributed by atoms with Gasteiger partial charge in [0.25, 0.3) is 0 Å². The van der Waals surface area contributed by atoms with Gasteiger partial charge in [0.2, 0.25) is 0 Å². The summed E-state index contributed by atoms with van der Waals surface area (Å²) in [6.07, 6.45) is 0. The van der Waals surface area contributed by atoms with Gasteiger partial charge in [-0.1, -0.05) is 0 Å². The van der Waals surface area contributed by atoms with Crippen molar-refractivity contribution in [1.82, 2.24) is 0 Å². The van der Waals surface area contributed by atoms with Crippen molar-refractivity contribution in [2.75, 3.05) is 6.61 Å². The van der Waals surface area contributed by atoms with E-state index in [2.05, 4.69) is 4.74 Å². The molecule has 0 aromatic heterocycles. The van der Waals surface area contributed by atoms with Gasteiger partial charge in [0, 0.05) is 6.92 Å². The first-order chi connectivity index (χ1) is 2.77. The largest absolute Gasteiger partial charge is 1.00 e. The van der Waals surface area contributed by atoms with Gasteiger partial charge in [-0.15, -0.1) is 0 Å². The van der Waals surface area contributed by atoms with E-state index in [1.54, 1.807) is 6.92 Å². The molecule has 0 atom stereocenters. The predicted octanol–water partition coefficient (Wildman–Crippen LogP) is -8.60. The van der Waals surface area contributed by atoms with E-state index in [0.29, 0.717) is 6.61 Å². The van der Waals surface area contributed by atoms with E-state index in [4.69, 9.17) is 0 Å². The predicted molar refractivity (Wildman–Crippen MR) is 24.2 cm³/mol. The number of rotatable bonds is 1. The number of carbonyl (C=O) groups is 1.